The van der Waals surface area contributed by atoms with E-state index in [0.717, 1.165) is 24.7 Å². The third kappa shape index (κ3) is 1.03. The van der Waals surface area contributed by atoms with Gasteiger partial charge in [0.05, 0.1) is 5.60 Å². The molecule has 3 atom stereocenters. The van der Waals surface area contributed by atoms with Crippen molar-refractivity contribution >= 4 is 0 Å². The molecule has 0 spiro atoms. The second-order valence-electron chi connectivity index (χ2n) is 7.01. The zero-order chi connectivity index (χ0) is 10.1. The van der Waals surface area contributed by atoms with Crippen molar-refractivity contribution in [2.24, 2.45) is 23.2 Å². The summed E-state index contributed by atoms with van der Waals surface area (Å²) in [5, 5.41) is 10.8. The van der Waals surface area contributed by atoms with Crippen LogP contribution in [-0.4, -0.2) is 10.7 Å². The molecule has 0 aromatic heterocycles. The van der Waals surface area contributed by atoms with E-state index in [9.17, 15) is 5.11 Å². The summed E-state index contributed by atoms with van der Waals surface area (Å²) in [5.74, 6) is 2.61. The number of hydrogen-bond acceptors (Lipinski definition) is 1. The lowest BCUT2D eigenvalue weighted by atomic mass is 9.64. The molecule has 1 heteroatoms. The molecule has 0 heterocycles. The molecule has 4 aliphatic rings. The van der Waals surface area contributed by atoms with Crippen molar-refractivity contribution in [1.29, 1.82) is 0 Å². The average Bonchev–Trinajstić information content (AvgIpc) is 2.93. The summed E-state index contributed by atoms with van der Waals surface area (Å²) >= 11 is 0. The fourth-order valence-electron chi connectivity index (χ4n) is 5.77. The minimum Gasteiger partial charge on any atom is -0.390 e. The molecular formula is C14H22O. The Labute approximate surface area is 92.3 Å². The fraction of sp³-hybridized carbons (Fsp3) is 1.00. The summed E-state index contributed by atoms with van der Waals surface area (Å²) in [6.07, 6.45) is 12.2. The topological polar surface area (TPSA) is 20.2 Å². The van der Waals surface area contributed by atoms with E-state index in [0.29, 0.717) is 11.3 Å². The molecule has 0 amide bonds. The van der Waals surface area contributed by atoms with Crippen molar-refractivity contribution in [1.82, 2.24) is 0 Å². The normalized spacial score (nSPS) is 61.8. The van der Waals surface area contributed by atoms with Gasteiger partial charge in [0, 0.05) is 0 Å². The van der Waals surface area contributed by atoms with Gasteiger partial charge in [-0.1, -0.05) is 0 Å². The second-order valence-corrected chi connectivity index (χ2v) is 7.01. The molecule has 0 aromatic rings. The van der Waals surface area contributed by atoms with Crippen molar-refractivity contribution in [2.45, 2.75) is 63.4 Å². The number of aliphatic hydroxyl groups is 1. The lowest BCUT2D eigenvalue weighted by Crippen LogP contribution is -2.42. The number of fused-ring (bicyclic) bond motifs is 4. The summed E-state index contributed by atoms with van der Waals surface area (Å²) in [6, 6.07) is 0. The van der Waals surface area contributed by atoms with E-state index in [-0.39, 0.29) is 5.60 Å². The largest absolute Gasteiger partial charge is 0.390 e. The zero-order valence-corrected chi connectivity index (χ0v) is 9.54. The molecule has 84 valence electrons. The lowest BCUT2D eigenvalue weighted by Gasteiger charge is -2.43. The van der Waals surface area contributed by atoms with Crippen molar-refractivity contribution in [3.8, 4) is 0 Å². The highest BCUT2D eigenvalue weighted by Gasteiger charge is 2.61. The Kier molecular flexibility index (Phi) is 1.57. The summed E-state index contributed by atoms with van der Waals surface area (Å²) in [6.45, 7) is 0. The van der Waals surface area contributed by atoms with Crippen LogP contribution in [0.4, 0.5) is 0 Å². The van der Waals surface area contributed by atoms with Gasteiger partial charge in [0.2, 0.25) is 0 Å². The molecule has 0 saturated heterocycles. The van der Waals surface area contributed by atoms with E-state index in [1.165, 1.54) is 44.9 Å². The monoisotopic (exact) mass is 206 g/mol. The van der Waals surface area contributed by atoms with Crippen molar-refractivity contribution in [3.63, 3.8) is 0 Å². The molecular weight excluding hydrogens is 184 g/mol. The first-order chi connectivity index (χ1) is 7.20. The number of hydrogen-bond donors (Lipinski definition) is 1. The van der Waals surface area contributed by atoms with Crippen LogP contribution in [0.5, 0.6) is 0 Å². The molecule has 4 aliphatic carbocycles. The lowest BCUT2D eigenvalue weighted by molar-refractivity contribution is -0.0575. The minimum absolute atomic E-state index is 0.218. The Morgan fingerprint density at radius 1 is 0.867 bits per heavy atom. The van der Waals surface area contributed by atoms with Crippen LogP contribution < -0.4 is 0 Å². The standard InChI is InChI=1S/C14H22O/c15-14-6-3-11(9-14)7-12(14)13-4-1-10(8-13)2-5-13/h10-12,15H,1-9H2. The van der Waals surface area contributed by atoms with Gasteiger partial charge in [0.1, 0.15) is 0 Å². The first kappa shape index (κ1) is 9.04. The molecule has 4 bridgehead atoms. The maximum absolute atomic E-state index is 10.8. The molecule has 1 nitrogen and oxygen atoms in total. The van der Waals surface area contributed by atoms with Gasteiger partial charge in [0.25, 0.3) is 0 Å². The van der Waals surface area contributed by atoms with E-state index < -0.39 is 0 Å². The molecule has 4 saturated carbocycles. The average molecular weight is 206 g/mol. The Bertz CT molecular complexity index is 290. The van der Waals surface area contributed by atoms with Crippen molar-refractivity contribution in [2.75, 3.05) is 0 Å². The Morgan fingerprint density at radius 2 is 1.60 bits per heavy atom. The predicted octanol–water partition coefficient (Wildman–Crippen LogP) is 3.12. The fourth-order valence-corrected chi connectivity index (χ4v) is 5.77. The predicted molar refractivity (Wildman–Crippen MR) is 59.4 cm³/mol. The van der Waals surface area contributed by atoms with E-state index in [1.807, 2.05) is 0 Å². The summed E-state index contributed by atoms with van der Waals surface area (Å²) in [5.41, 5.74) is 0.387. The molecule has 4 rings (SSSR count). The van der Waals surface area contributed by atoms with Gasteiger partial charge in [-0.3, -0.25) is 0 Å². The van der Waals surface area contributed by atoms with Gasteiger partial charge < -0.3 is 5.11 Å². The van der Waals surface area contributed by atoms with Crippen LogP contribution in [-0.2, 0) is 0 Å². The van der Waals surface area contributed by atoms with Crippen LogP contribution in [0.3, 0.4) is 0 Å². The third-order valence-electron chi connectivity index (χ3n) is 6.38. The molecule has 1 N–H and O–H groups in total. The van der Waals surface area contributed by atoms with Gasteiger partial charge in [0.15, 0.2) is 0 Å². The third-order valence-corrected chi connectivity index (χ3v) is 6.38. The van der Waals surface area contributed by atoms with E-state index in [2.05, 4.69) is 0 Å². The van der Waals surface area contributed by atoms with Gasteiger partial charge in [-0.2, -0.15) is 0 Å². The van der Waals surface area contributed by atoms with Crippen LogP contribution >= 0.6 is 0 Å². The minimum atomic E-state index is -0.218. The summed E-state index contributed by atoms with van der Waals surface area (Å²) in [4.78, 5) is 0. The van der Waals surface area contributed by atoms with Crippen LogP contribution in [0.25, 0.3) is 0 Å². The smallest absolute Gasteiger partial charge is 0.0684 e. The Balaban J connectivity index is 1.68. The van der Waals surface area contributed by atoms with Gasteiger partial charge >= 0.3 is 0 Å². The van der Waals surface area contributed by atoms with Crippen LogP contribution in [0.1, 0.15) is 57.8 Å². The van der Waals surface area contributed by atoms with Gasteiger partial charge in [-0.05, 0) is 81.0 Å². The van der Waals surface area contributed by atoms with E-state index in [1.54, 1.807) is 0 Å². The van der Waals surface area contributed by atoms with E-state index in [4.69, 9.17) is 0 Å². The Hall–Kier alpha value is -0.0400. The van der Waals surface area contributed by atoms with Gasteiger partial charge in [-0.15, -0.1) is 0 Å². The van der Waals surface area contributed by atoms with Crippen LogP contribution in [0, 0.1) is 23.2 Å². The highest BCUT2D eigenvalue weighted by Crippen LogP contribution is 2.67. The molecule has 3 unspecified atom stereocenters. The first-order valence-corrected chi connectivity index (χ1v) is 6.93. The van der Waals surface area contributed by atoms with Crippen molar-refractivity contribution < 1.29 is 5.11 Å². The quantitative estimate of drug-likeness (QED) is 0.699. The Morgan fingerprint density at radius 3 is 2.07 bits per heavy atom. The van der Waals surface area contributed by atoms with Crippen molar-refractivity contribution in [3.05, 3.63) is 0 Å². The maximum atomic E-state index is 10.8. The number of rotatable bonds is 1. The maximum Gasteiger partial charge on any atom is 0.0684 e. The second kappa shape index (κ2) is 2.61. The molecule has 0 aliphatic heterocycles. The highest BCUT2D eigenvalue weighted by molar-refractivity contribution is 5.12. The summed E-state index contributed by atoms with van der Waals surface area (Å²) in [7, 11) is 0. The summed E-state index contributed by atoms with van der Waals surface area (Å²) < 4.78 is 0. The van der Waals surface area contributed by atoms with Crippen LogP contribution in [0.15, 0.2) is 0 Å². The highest BCUT2D eigenvalue weighted by atomic mass is 16.3. The van der Waals surface area contributed by atoms with E-state index >= 15 is 0 Å². The zero-order valence-electron chi connectivity index (χ0n) is 9.54. The van der Waals surface area contributed by atoms with Crippen LogP contribution in [0.2, 0.25) is 0 Å². The molecule has 4 fully saturated rings. The molecule has 15 heavy (non-hydrogen) atoms. The SMILES string of the molecule is OC12CCC(CC1C13CCC(CC1)C3)C2. The first-order valence-electron chi connectivity index (χ1n) is 6.93. The van der Waals surface area contributed by atoms with Gasteiger partial charge in [-0.25, -0.2) is 0 Å². The molecule has 0 radical (unpaired) electrons. The molecule has 0 aromatic carbocycles.